The van der Waals surface area contributed by atoms with Crippen LogP contribution in [0.15, 0.2) is 66.7 Å². The lowest BCUT2D eigenvalue weighted by molar-refractivity contribution is -0.384. The first-order chi connectivity index (χ1) is 12.9. The predicted molar refractivity (Wildman–Crippen MR) is 97.9 cm³/mol. The van der Waals surface area contributed by atoms with Crippen molar-refractivity contribution in [3.8, 4) is 22.6 Å². The molecule has 0 bridgehead atoms. The first-order valence-corrected chi connectivity index (χ1v) is 7.97. The molecule has 0 amide bonds. The Morgan fingerprint density at radius 3 is 2.37 bits per heavy atom. The maximum absolute atomic E-state index is 10.9. The van der Waals surface area contributed by atoms with Crippen LogP contribution in [0.2, 0.25) is 0 Å². The molecule has 27 heavy (non-hydrogen) atoms. The van der Waals surface area contributed by atoms with Gasteiger partial charge in [0.1, 0.15) is 23.7 Å². The van der Waals surface area contributed by atoms with Crippen LogP contribution in [0.1, 0.15) is 15.9 Å². The number of ether oxygens (including phenoxy) is 1. The fourth-order valence-corrected chi connectivity index (χ4v) is 2.59. The summed E-state index contributed by atoms with van der Waals surface area (Å²) in [5.74, 6) is -1.26. The van der Waals surface area contributed by atoms with E-state index >= 15 is 0 Å². The number of nitrogens with zero attached hydrogens (tertiary/aromatic N) is 1. The number of nitro benzene ring substituents is 1. The monoisotopic (exact) mass is 365 g/mol. The second kappa shape index (κ2) is 7.57. The summed E-state index contributed by atoms with van der Waals surface area (Å²) in [6.45, 7) is 0.189. The van der Waals surface area contributed by atoms with Gasteiger partial charge in [0, 0.05) is 18.2 Å². The minimum Gasteiger partial charge on any atom is -0.507 e. The van der Waals surface area contributed by atoms with Crippen LogP contribution in [0, 0.1) is 10.1 Å². The molecule has 136 valence electrons. The first-order valence-electron chi connectivity index (χ1n) is 7.97. The third-order valence-corrected chi connectivity index (χ3v) is 3.92. The molecule has 3 aromatic rings. The van der Waals surface area contributed by atoms with E-state index in [0.717, 1.165) is 16.7 Å². The van der Waals surface area contributed by atoms with E-state index in [0.29, 0.717) is 5.75 Å². The number of hydrogen-bond donors (Lipinski definition) is 2. The summed E-state index contributed by atoms with van der Waals surface area (Å²) in [5.41, 5.74) is 2.16. The van der Waals surface area contributed by atoms with Gasteiger partial charge in [0.15, 0.2) is 0 Å². The fraction of sp³-hybridized carbons (Fsp3) is 0.0500. The average molecular weight is 365 g/mol. The molecule has 0 heterocycles. The number of rotatable bonds is 6. The topological polar surface area (TPSA) is 110 Å². The summed E-state index contributed by atoms with van der Waals surface area (Å²) in [4.78, 5) is 21.4. The number of nitro groups is 1. The van der Waals surface area contributed by atoms with E-state index in [9.17, 15) is 20.0 Å². The van der Waals surface area contributed by atoms with Crippen LogP contribution in [-0.4, -0.2) is 21.1 Å². The molecule has 0 aromatic heterocycles. The molecule has 0 aliphatic rings. The second-order valence-electron chi connectivity index (χ2n) is 5.78. The van der Waals surface area contributed by atoms with Crippen molar-refractivity contribution < 1.29 is 24.7 Å². The quantitative estimate of drug-likeness (QED) is 0.499. The number of phenols is 1. The van der Waals surface area contributed by atoms with E-state index < -0.39 is 10.9 Å². The second-order valence-corrected chi connectivity index (χ2v) is 5.78. The van der Waals surface area contributed by atoms with E-state index in [1.54, 1.807) is 12.1 Å². The van der Waals surface area contributed by atoms with Crippen molar-refractivity contribution in [2.24, 2.45) is 0 Å². The van der Waals surface area contributed by atoms with E-state index in [-0.39, 0.29) is 23.6 Å². The zero-order valence-corrected chi connectivity index (χ0v) is 14.0. The third-order valence-electron chi connectivity index (χ3n) is 3.92. The number of carboxylic acids is 1. The van der Waals surface area contributed by atoms with Crippen LogP contribution in [0.25, 0.3) is 11.1 Å². The largest absolute Gasteiger partial charge is 0.507 e. The Morgan fingerprint density at radius 2 is 1.70 bits per heavy atom. The Morgan fingerprint density at radius 1 is 1.00 bits per heavy atom. The van der Waals surface area contributed by atoms with Gasteiger partial charge in [0.05, 0.1) is 4.92 Å². The van der Waals surface area contributed by atoms with E-state index in [1.165, 1.54) is 30.3 Å². The Balaban J connectivity index is 1.77. The molecular weight excluding hydrogens is 350 g/mol. The molecule has 0 radical (unpaired) electrons. The van der Waals surface area contributed by atoms with Gasteiger partial charge in [-0.2, -0.15) is 0 Å². The maximum atomic E-state index is 10.9. The number of aromatic carboxylic acids is 1. The van der Waals surface area contributed by atoms with Gasteiger partial charge in [0.2, 0.25) is 0 Å². The van der Waals surface area contributed by atoms with Crippen LogP contribution < -0.4 is 4.74 Å². The van der Waals surface area contributed by atoms with Gasteiger partial charge in [-0.3, -0.25) is 10.1 Å². The maximum Gasteiger partial charge on any atom is 0.339 e. The van der Waals surface area contributed by atoms with Crippen LogP contribution in [0.5, 0.6) is 11.5 Å². The number of hydrogen-bond acceptors (Lipinski definition) is 5. The molecule has 0 unspecified atom stereocenters. The summed E-state index contributed by atoms with van der Waals surface area (Å²) < 4.78 is 5.60. The highest BCUT2D eigenvalue weighted by Gasteiger charge is 2.11. The van der Waals surface area contributed by atoms with Crippen molar-refractivity contribution >= 4 is 11.7 Å². The molecule has 0 atom stereocenters. The van der Waals surface area contributed by atoms with Gasteiger partial charge >= 0.3 is 5.97 Å². The zero-order valence-electron chi connectivity index (χ0n) is 14.0. The summed E-state index contributed by atoms with van der Waals surface area (Å²) in [6.07, 6.45) is 0. The van der Waals surface area contributed by atoms with Crippen molar-refractivity contribution in [2.45, 2.75) is 6.61 Å². The number of benzene rings is 3. The van der Waals surface area contributed by atoms with Crippen molar-refractivity contribution in [3.63, 3.8) is 0 Å². The smallest absolute Gasteiger partial charge is 0.339 e. The molecule has 0 saturated heterocycles. The van der Waals surface area contributed by atoms with Gasteiger partial charge in [-0.15, -0.1) is 0 Å². The van der Waals surface area contributed by atoms with Crippen molar-refractivity contribution in [1.82, 2.24) is 0 Å². The summed E-state index contributed by atoms with van der Waals surface area (Å²) in [6, 6.07) is 17.7. The fourth-order valence-electron chi connectivity index (χ4n) is 2.59. The molecule has 2 N–H and O–H groups in total. The van der Waals surface area contributed by atoms with E-state index in [4.69, 9.17) is 9.84 Å². The van der Waals surface area contributed by atoms with Gasteiger partial charge in [-0.05, 0) is 34.9 Å². The summed E-state index contributed by atoms with van der Waals surface area (Å²) in [5, 5.41) is 29.6. The Labute approximate surface area is 154 Å². The standard InChI is InChI=1S/C20H15NO6/c22-19-11-17(7-8-18(19)20(23)24)27-12-13-3-1-4-14(9-13)15-5-2-6-16(10-15)21(25)26/h1-11,22H,12H2,(H,23,24). The van der Waals surface area contributed by atoms with Crippen molar-refractivity contribution in [1.29, 1.82) is 0 Å². The van der Waals surface area contributed by atoms with Gasteiger partial charge in [-0.1, -0.05) is 30.3 Å². The van der Waals surface area contributed by atoms with E-state index in [2.05, 4.69) is 0 Å². The number of non-ortho nitro benzene ring substituents is 1. The van der Waals surface area contributed by atoms with E-state index in [1.807, 2.05) is 24.3 Å². The Bertz CT molecular complexity index is 1010. The lowest BCUT2D eigenvalue weighted by atomic mass is 10.0. The van der Waals surface area contributed by atoms with Crippen LogP contribution in [0.3, 0.4) is 0 Å². The van der Waals surface area contributed by atoms with Gasteiger partial charge in [0.25, 0.3) is 5.69 Å². The third kappa shape index (κ3) is 4.21. The normalized spacial score (nSPS) is 10.4. The van der Waals surface area contributed by atoms with Gasteiger partial charge < -0.3 is 14.9 Å². The molecular formula is C20H15NO6. The van der Waals surface area contributed by atoms with Crippen LogP contribution >= 0.6 is 0 Å². The highest BCUT2D eigenvalue weighted by atomic mass is 16.6. The number of carboxylic acid groups (broad SMARTS) is 1. The lowest BCUT2D eigenvalue weighted by Gasteiger charge is -2.09. The predicted octanol–water partition coefficient (Wildman–Crippen LogP) is 4.24. The molecule has 0 spiro atoms. The molecule has 0 saturated carbocycles. The molecule has 7 nitrogen and oxygen atoms in total. The molecule has 3 rings (SSSR count). The first kappa shape index (κ1) is 17.9. The number of carbonyl (C=O) groups is 1. The van der Waals surface area contributed by atoms with Crippen LogP contribution in [0.4, 0.5) is 5.69 Å². The Hall–Kier alpha value is -3.87. The molecule has 0 aliphatic heterocycles. The molecule has 0 aliphatic carbocycles. The summed E-state index contributed by atoms with van der Waals surface area (Å²) >= 11 is 0. The van der Waals surface area contributed by atoms with Crippen LogP contribution in [-0.2, 0) is 6.61 Å². The molecule has 0 fully saturated rings. The Kier molecular flexibility index (Phi) is 5.03. The SMILES string of the molecule is O=C(O)c1ccc(OCc2cccc(-c3cccc([N+](=O)[O-])c3)c2)cc1O. The highest BCUT2D eigenvalue weighted by molar-refractivity contribution is 5.90. The van der Waals surface area contributed by atoms with Crippen molar-refractivity contribution in [3.05, 3.63) is 88.0 Å². The summed E-state index contributed by atoms with van der Waals surface area (Å²) in [7, 11) is 0. The zero-order chi connectivity index (χ0) is 19.4. The average Bonchev–Trinajstić information content (AvgIpc) is 2.66. The highest BCUT2D eigenvalue weighted by Crippen LogP contribution is 2.26. The van der Waals surface area contributed by atoms with Crippen molar-refractivity contribution in [2.75, 3.05) is 0 Å². The molecule has 7 heteroatoms. The minimum atomic E-state index is -1.22. The molecule has 3 aromatic carbocycles. The minimum absolute atomic E-state index is 0.0168. The van der Waals surface area contributed by atoms with Gasteiger partial charge in [-0.25, -0.2) is 4.79 Å². The lowest BCUT2D eigenvalue weighted by Crippen LogP contribution is -1.99. The number of aromatic hydroxyl groups is 1.